The fraction of sp³-hybridized carbons (Fsp3) is 0.200. The summed E-state index contributed by atoms with van der Waals surface area (Å²) in [5.41, 5.74) is 2.43. The molecule has 0 aliphatic carbocycles. The van der Waals surface area contributed by atoms with Crippen LogP contribution in [-0.2, 0) is 0 Å². The smallest absolute Gasteiger partial charge is 0.106 e. The van der Waals surface area contributed by atoms with Crippen LogP contribution in [0.25, 0.3) is 0 Å². The molecule has 0 radical (unpaired) electrons. The number of halogens is 2. The van der Waals surface area contributed by atoms with Gasteiger partial charge in [0.05, 0.1) is 0 Å². The molecule has 0 saturated carbocycles. The maximum absolute atomic E-state index is 10.4. The molecule has 2 aromatic rings. The Morgan fingerprint density at radius 1 is 1.05 bits per heavy atom. The van der Waals surface area contributed by atoms with Crippen molar-refractivity contribution in [1.29, 1.82) is 0 Å². The summed E-state index contributed by atoms with van der Waals surface area (Å²) in [6.45, 7) is 0. The minimum Gasteiger partial charge on any atom is -0.384 e. The molecule has 19 heavy (non-hydrogen) atoms. The Hall–Kier alpha value is -1.22. The Bertz CT molecular complexity index is 584. The van der Waals surface area contributed by atoms with E-state index >= 15 is 0 Å². The average molecular weight is 296 g/mol. The van der Waals surface area contributed by atoms with Gasteiger partial charge in [0.15, 0.2) is 0 Å². The monoisotopic (exact) mass is 295 g/mol. The molecule has 2 nitrogen and oxygen atoms in total. The molecule has 0 aliphatic rings. The number of aliphatic hydroxyl groups is 1. The third-order valence-electron chi connectivity index (χ3n) is 2.95. The van der Waals surface area contributed by atoms with E-state index in [2.05, 4.69) is 0 Å². The van der Waals surface area contributed by atoms with E-state index in [-0.39, 0.29) is 0 Å². The SMILES string of the molecule is CN(C)c1cccc(C(O)c2cc(Cl)ccc2Cl)c1. The normalized spacial score (nSPS) is 12.3. The summed E-state index contributed by atoms with van der Waals surface area (Å²) >= 11 is 12.1. The lowest BCUT2D eigenvalue weighted by molar-refractivity contribution is 0.220. The summed E-state index contributed by atoms with van der Waals surface area (Å²) in [5.74, 6) is 0. The first-order chi connectivity index (χ1) is 8.99. The molecule has 0 bridgehead atoms. The highest BCUT2D eigenvalue weighted by atomic mass is 35.5. The van der Waals surface area contributed by atoms with Crippen molar-refractivity contribution >= 4 is 28.9 Å². The number of benzene rings is 2. The molecule has 2 rings (SSSR count). The standard InChI is InChI=1S/C15H15Cl2NO/c1-18(2)12-5-3-4-10(8-12)15(19)13-9-11(16)6-7-14(13)17/h3-9,15,19H,1-2H3. The molecule has 1 unspecified atom stereocenters. The molecular weight excluding hydrogens is 281 g/mol. The van der Waals surface area contributed by atoms with Gasteiger partial charge in [-0.2, -0.15) is 0 Å². The quantitative estimate of drug-likeness (QED) is 0.920. The molecular formula is C15H15Cl2NO. The van der Waals surface area contributed by atoms with Crippen molar-refractivity contribution in [2.45, 2.75) is 6.10 Å². The van der Waals surface area contributed by atoms with Gasteiger partial charge in [0, 0.05) is 35.4 Å². The second-order valence-corrected chi connectivity index (χ2v) is 5.40. The van der Waals surface area contributed by atoms with Crippen molar-refractivity contribution in [3.05, 3.63) is 63.6 Å². The zero-order chi connectivity index (χ0) is 14.0. The third kappa shape index (κ3) is 3.21. The summed E-state index contributed by atoms with van der Waals surface area (Å²) in [4.78, 5) is 1.98. The highest BCUT2D eigenvalue weighted by molar-refractivity contribution is 6.33. The molecule has 0 amide bonds. The maximum atomic E-state index is 10.4. The molecule has 4 heteroatoms. The molecule has 2 aromatic carbocycles. The lowest BCUT2D eigenvalue weighted by Gasteiger charge is -2.17. The first-order valence-electron chi connectivity index (χ1n) is 5.89. The lowest BCUT2D eigenvalue weighted by atomic mass is 10.0. The summed E-state index contributed by atoms with van der Waals surface area (Å²) in [5, 5.41) is 11.5. The first-order valence-corrected chi connectivity index (χ1v) is 6.65. The van der Waals surface area contributed by atoms with Gasteiger partial charge in [0.2, 0.25) is 0 Å². The van der Waals surface area contributed by atoms with Crippen molar-refractivity contribution in [3.8, 4) is 0 Å². The van der Waals surface area contributed by atoms with Crippen LogP contribution in [-0.4, -0.2) is 19.2 Å². The third-order valence-corrected chi connectivity index (χ3v) is 3.53. The number of nitrogens with zero attached hydrogens (tertiary/aromatic N) is 1. The zero-order valence-corrected chi connectivity index (χ0v) is 12.3. The first kappa shape index (κ1) is 14.2. The Labute approximate surface area is 123 Å². The van der Waals surface area contributed by atoms with E-state index in [9.17, 15) is 5.11 Å². The van der Waals surface area contributed by atoms with Gasteiger partial charge in [-0.05, 0) is 35.9 Å². The number of hydrogen-bond donors (Lipinski definition) is 1. The molecule has 0 aliphatic heterocycles. The van der Waals surface area contributed by atoms with Crippen molar-refractivity contribution in [3.63, 3.8) is 0 Å². The highest BCUT2D eigenvalue weighted by Crippen LogP contribution is 2.31. The Morgan fingerprint density at radius 3 is 2.47 bits per heavy atom. The molecule has 0 saturated heterocycles. The number of rotatable bonds is 3. The van der Waals surface area contributed by atoms with E-state index in [1.165, 1.54) is 0 Å². The number of anilines is 1. The van der Waals surface area contributed by atoms with Crippen molar-refractivity contribution in [1.82, 2.24) is 0 Å². The molecule has 0 aromatic heterocycles. The van der Waals surface area contributed by atoms with Crippen LogP contribution in [0.1, 0.15) is 17.2 Å². The van der Waals surface area contributed by atoms with E-state index in [1.807, 2.05) is 43.3 Å². The van der Waals surface area contributed by atoms with Gasteiger partial charge in [-0.1, -0.05) is 35.3 Å². The summed E-state index contributed by atoms with van der Waals surface area (Å²) in [6, 6.07) is 12.8. The van der Waals surface area contributed by atoms with Crippen molar-refractivity contribution in [2.24, 2.45) is 0 Å². The van der Waals surface area contributed by atoms with Crippen LogP contribution >= 0.6 is 23.2 Å². The van der Waals surface area contributed by atoms with Crippen LogP contribution < -0.4 is 4.90 Å². The Balaban J connectivity index is 2.41. The molecule has 0 spiro atoms. The van der Waals surface area contributed by atoms with Gasteiger partial charge in [-0.25, -0.2) is 0 Å². The van der Waals surface area contributed by atoms with E-state index in [0.717, 1.165) is 11.3 Å². The van der Waals surface area contributed by atoms with Gasteiger partial charge in [-0.15, -0.1) is 0 Å². The van der Waals surface area contributed by atoms with E-state index in [0.29, 0.717) is 15.6 Å². The van der Waals surface area contributed by atoms with Crippen LogP contribution in [0.2, 0.25) is 10.0 Å². The predicted molar refractivity (Wildman–Crippen MR) is 81.3 cm³/mol. The zero-order valence-electron chi connectivity index (χ0n) is 10.8. The van der Waals surface area contributed by atoms with Crippen molar-refractivity contribution < 1.29 is 5.11 Å². The molecule has 1 atom stereocenters. The van der Waals surface area contributed by atoms with E-state index in [4.69, 9.17) is 23.2 Å². The number of aliphatic hydroxyl groups excluding tert-OH is 1. The minimum atomic E-state index is -0.786. The van der Waals surface area contributed by atoms with Crippen LogP contribution in [0, 0.1) is 0 Å². The largest absolute Gasteiger partial charge is 0.384 e. The fourth-order valence-electron chi connectivity index (χ4n) is 1.88. The minimum absolute atomic E-state index is 0.507. The van der Waals surface area contributed by atoms with Crippen LogP contribution in [0.3, 0.4) is 0 Å². The van der Waals surface area contributed by atoms with Gasteiger partial charge in [0.25, 0.3) is 0 Å². The van der Waals surface area contributed by atoms with E-state index in [1.54, 1.807) is 18.2 Å². The Morgan fingerprint density at radius 2 is 1.79 bits per heavy atom. The van der Waals surface area contributed by atoms with Gasteiger partial charge < -0.3 is 10.0 Å². The van der Waals surface area contributed by atoms with Crippen molar-refractivity contribution in [2.75, 3.05) is 19.0 Å². The van der Waals surface area contributed by atoms with Gasteiger partial charge >= 0.3 is 0 Å². The topological polar surface area (TPSA) is 23.5 Å². The lowest BCUT2D eigenvalue weighted by Crippen LogP contribution is -2.09. The second kappa shape index (κ2) is 5.83. The number of hydrogen-bond acceptors (Lipinski definition) is 2. The summed E-state index contributed by atoms with van der Waals surface area (Å²) < 4.78 is 0. The van der Waals surface area contributed by atoms with Crippen LogP contribution in [0.15, 0.2) is 42.5 Å². The summed E-state index contributed by atoms with van der Waals surface area (Å²) in [6.07, 6.45) is -0.786. The van der Waals surface area contributed by atoms with Gasteiger partial charge in [0.1, 0.15) is 6.10 Å². The van der Waals surface area contributed by atoms with Crippen LogP contribution in [0.4, 0.5) is 5.69 Å². The second-order valence-electron chi connectivity index (χ2n) is 4.56. The summed E-state index contributed by atoms with van der Waals surface area (Å²) in [7, 11) is 3.91. The maximum Gasteiger partial charge on any atom is 0.106 e. The molecule has 100 valence electrons. The predicted octanol–water partition coefficient (Wildman–Crippen LogP) is 4.14. The highest BCUT2D eigenvalue weighted by Gasteiger charge is 2.15. The fourth-order valence-corrected chi connectivity index (χ4v) is 2.28. The molecule has 0 heterocycles. The van der Waals surface area contributed by atoms with Crippen LogP contribution in [0.5, 0.6) is 0 Å². The average Bonchev–Trinajstić information content (AvgIpc) is 2.41. The van der Waals surface area contributed by atoms with E-state index < -0.39 is 6.10 Å². The molecule has 1 N–H and O–H groups in total. The Kier molecular flexibility index (Phi) is 4.35. The van der Waals surface area contributed by atoms with Gasteiger partial charge in [-0.3, -0.25) is 0 Å². The molecule has 0 fully saturated rings.